The van der Waals surface area contributed by atoms with E-state index in [2.05, 4.69) is 17.3 Å². The van der Waals surface area contributed by atoms with E-state index in [0.717, 1.165) is 32.5 Å². The Morgan fingerprint density at radius 3 is 3.15 bits per heavy atom. The molecule has 76 valence electrons. The fourth-order valence-electron chi connectivity index (χ4n) is 1.68. The lowest BCUT2D eigenvalue weighted by atomic mass is 10.1. The second kappa shape index (κ2) is 5.19. The van der Waals surface area contributed by atoms with Gasteiger partial charge in [0.1, 0.15) is 0 Å². The number of nitrogens with one attached hydrogen (secondary N) is 1. The molecule has 1 aliphatic rings. The molecule has 0 aromatic heterocycles. The summed E-state index contributed by atoms with van der Waals surface area (Å²) in [5, 5.41) is 11.9. The highest BCUT2D eigenvalue weighted by atomic mass is 16.4. The molecule has 4 heteroatoms. The second-order valence-electron chi connectivity index (χ2n) is 3.70. The Kier molecular flexibility index (Phi) is 4.18. The minimum atomic E-state index is -0.700. The molecular weight excluding hydrogens is 168 g/mol. The lowest BCUT2D eigenvalue weighted by Crippen LogP contribution is -2.36. The minimum Gasteiger partial charge on any atom is -0.481 e. The van der Waals surface area contributed by atoms with Gasteiger partial charge in [-0.3, -0.25) is 4.79 Å². The van der Waals surface area contributed by atoms with E-state index in [4.69, 9.17) is 5.11 Å². The summed E-state index contributed by atoms with van der Waals surface area (Å²) in [5.41, 5.74) is 0. The maximum atomic E-state index is 10.4. The summed E-state index contributed by atoms with van der Waals surface area (Å²) >= 11 is 0. The van der Waals surface area contributed by atoms with Gasteiger partial charge in [-0.05, 0) is 33.0 Å². The smallest absolute Gasteiger partial charge is 0.303 e. The standard InChI is InChI=1S/C9H18N2O2/c1-11-6-2-5-10-8(7-11)3-4-9(12)13/h8,10H,2-7H2,1H3,(H,12,13). The van der Waals surface area contributed by atoms with Gasteiger partial charge < -0.3 is 15.3 Å². The van der Waals surface area contributed by atoms with Gasteiger partial charge in [-0.25, -0.2) is 0 Å². The first-order chi connectivity index (χ1) is 6.18. The number of nitrogens with zero attached hydrogens (tertiary/aromatic N) is 1. The molecule has 1 saturated heterocycles. The van der Waals surface area contributed by atoms with Gasteiger partial charge in [-0.15, -0.1) is 0 Å². The summed E-state index contributed by atoms with van der Waals surface area (Å²) < 4.78 is 0. The van der Waals surface area contributed by atoms with Gasteiger partial charge in [-0.1, -0.05) is 0 Å². The number of hydrogen-bond acceptors (Lipinski definition) is 3. The van der Waals surface area contributed by atoms with E-state index in [1.165, 1.54) is 0 Å². The van der Waals surface area contributed by atoms with Gasteiger partial charge in [-0.2, -0.15) is 0 Å². The van der Waals surface area contributed by atoms with Crippen LogP contribution in [0.15, 0.2) is 0 Å². The van der Waals surface area contributed by atoms with E-state index < -0.39 is 5.97 Å². The first-order valence-electron chi connectivity index (χ1n) is 4.82. The highest BCUT2D eigenvalue weighted by Crippen LogP contribution is 2.03. The largest absolute Gasteiger partial charge is 0.481 e. The molecule has 2 N–H and O–H groups in total. The zero-order valence-corrected chi connectivity index (χ0v) is 8.12. The van der Waals surface area contributed by atoms with E-state index in [9.17, 15) is 4.79 Å². The molecule has 0 aliphatic carbocycles. The van der Waals surface area contributed by atoms with E-state index in [1.807, 2.05) is 0 Å². The highest BCUT2D eigenvalue weighted by molar-refractivity contribution is 5.66. The Hall–Kier alpha value is -0.610. The Labute approximate surface area is 78.9 Å². The number of hydrogen-bond donors (Lipinski definition) is 2. The Morgan fingerprint density at radius 1 is 1.69 bits per heavy atom. The first kappa shape index (κ1) is 10.5. The normalized spacial score (nSPS) is 25.5. The third-order valence-corrected chi connectivity index (χ3v) is 2.39. The number of carbonyl (C=O) groups is 1. The van der Waals surface area contributed by atoms with Crippen molar-refractivity contribution in [1.82, 2.24) is 10.2 Å². The van der Waals surface area contributed by atoms with Crippen LogP contribution in [-0.2, 0) is 4.79 Å². The van der Waals surface area contributed by atoms with Gasteiger partial charge in [0.05, 0.1) is 0 Å². The molecule has 1 unspecified atom stereocenters. The number of rotatable bonds is 3. The van der Waals surface area contributed by atoms with Crippen LogP contribution in [0.2, 0.25) is 0 Å². The molecule has 1 heterocycles. The molecule has 0 bridgehead atoms. The zero-order chi connectivity index (χ0) is 9.68. The molecule has 0 aromatic carbocycles. The molecule has 13 heavy (non-hydrogen) atoms. The van der Waals surface area contributed by atoms with Crippen molar-refractivity contribution < 1.29 is 9.90 Å². The molecule has 0 aromatic rings. The van der Waals surface area contributed by atoms with Crippen molar-refractivity contribution in [2.24, 2.45) is 0 Å². The molecule has 0 saturated carbocycles. The monoisotopic (exact) mass is 186 g/mol. The van der Waals surface area contributed by atoms with Crippen LogP contribution < -0.4 is 5.32 Å². The maximum Gasteiger partial charge on any atom is 0.303 e. The van der Waals surface area contributed by atoms with Crippen molar-refractivity contribution in [2.75, 3.05) is 26.7 Å². The van der Waals surface area contributed by atoms with Crippen LogP contribution in [0.4, 0.5) is 0 Å². The zero-order valence-electron chi connectivity index (χ0n) is 8.12. The quantitative estimate of drug-likeness (QED) is 0.658. The summed E-state index contributed by atoms with van der Waals surface area (Å²) in [5.74, 6) is -0.700. The number of aliphatic carboxylic acids is 1. The molecule has 0 amide bonds. The van der Waals surface area contributed by atoms with Crippen LogP contribution in [0.5, 0.6) is 0 Å². The molecule has 4 nitrogen and oxygen atoms in total. The van der Waals surface area contributed by atoms with Crippen LogP contribution in [0, 0.1) is 0 Å². The molecule has 0 spiro atoms. The molecular formula is C9H18N2O2. The number of carboxylic acids is 1. The fourth-order valence-corrected chi connectivity index (χ4v) is 1.68. The summed E-state index contributed by atoms with van der Waals surface area (Å²) in [6.07, 6.45) is 2.16. The fraction of sp³-hybridized carbons (Fsp3) is 0.889. The van der Waals surface area contributed by atoms with E-state index >= 15 is 0 Å². The summed E-state index contributed by atoms with van der Waals surface area (Å²) in [7, 11) is 2.08. The molecule has 1 rings (SSSR count). The van der Waals surface area contributed by atoms with Crippen LogP contribution in [-0.4, -0.2) is 48.7 Å². The Bertz CT molecular complexity index is 173. The SMILES string of the molecule is CN1CCCNC(CCC(=O)O)C1. The second-order valence-corrected chi connectivity index (χ2v) is 3.70. The third kappa shape index (κ3) is 4.24. The van der Waals surface area contributed by atoms with Crippen molar-refractivity contribution >= 4 is 5.97 Å². The van der Waals surface area contributed by atoms with Gasteiger partial charge in [0, 0.05) is 19.0 Å². The lowest BCUT2D eigenvalue weighted by Gasteiger charge is -2.19. The van der Waals surface area contributed by atoms with Gasteiger partial charge in [0.15, 0.2) is 0 Å². The maximum absolute atomic E-state index is 10.4. The van der Waals surface area contributed by atoms with E-state index in [-0.39, 0.29) is 6.42 Å². The average molecular weight is 186 g/mol. The lowest BCUT2D eigenvalue weighted by molar-refractivity contribution is -0.137. The molecule has 1 atom stereocenters. The van der Waals surface area contributed by atoms with Gasteiger partial charge >= 0.3 is 5.97 Å². The third-order valence-electron chi connectivity index (χ3n) is 2.39. The Morgan fingerprint density at radius 2 is 2.46 bits per heavy atom. The van der Waals surface area contributed by atoms with Crippen molar-refractivity contribution in [3.8, 4) is 0 Å². The van der Waals surface area contributed by atoms with E-state index in [1.54, 1.807) is 0 Å². The summed E-state index contributed by atoms with van der Waals surface area (Å²) in [6, 6.07) is 0.351. The van der Waals surface area contributed by atoms with Crippen molar-refractivity contribution in [3.63, 3.8) is 0 Å². The first-order valence-corrected chi connectivity index (χ1v) is 4.82. The van der Waals surface area contributed by atoms with Crippen LogP contribution >= 0.6 is 0 Å². The van der Waals surface area contributed by atoms with Crippen LogP contribution in [0.1, 0.15) is 19.3 Å². The van der Waals surface area contributed by atoms with E-state index in [0.29, 0.717) is 6.04 Å². The van der Waals surface area contributed by atoms with Gasteiger partial charge in [0.2, 0.25) is 0 Å². The predicted molar refractivity (Wildman–Crippen MR) is 50.8 cm³/mol. The van der Waals surface area contributed by atoms with Crippen LogP contribution in [0.25, 0.3) is 0 Å². The average Bonchev–Trinajstić information content (AvgIpc) is 2.26. The van der Waals surface area contributed by atoms with Crippen molar-refractivity contribution in [2.45, 2.75) is 25.3 Å². The predicted octanol–water partition coefficient (Wildman–Crippen LogP) is 0.145. The number of carboxylic acid groups (broad SMARTS) is 1. The van der Waals surface area contributed by atoms with Crippen molar-refractivity contribution in [1.29, 1.82) is 0 Å². The minimum absolute atomic E-state index is 0.269. The Balaban J connectivity index is 2.26. The topological polar surface area (TPSA) is 52.6 Å². The highest BCUT2D eigenvalue weighted by Gasteiger charge is 2.15. The summed E-state index contributed by atoms with van der Waals surface area (Å²) in [4.78, 5) is 12.6. The molecule has 0 radical (unpaired) electrons. The molecule has 1 fully saturated rings. The number of likely N-dealkylation sites (N-methyl/N-ethyl adjacent to an activating group) is 1. The van der Waals surface area contributed by atoms with Gasteiger partial charge in [0.25, 0.3) is 0 Å². The summed E-state index contributed by atoms with van der Waals surface area (Å²) in [6.45, 7) is 3.08. The van der Waals surface area contributed by atoms with Crippen LogP contribution in [0.3, 0.4) is 0 Å². The van der Waals surface area contributed by atoms with Crippen molar-refractivity contribution in [3.05, 3.63) is 0 Å². The molecule has 1 aliphatic heterocycles.